The lowest BCUT2D eigenvalue weighted by Gasteiger charge is -2.41. The van der Waals surface area contributed by atoms with Gasteiger partial charge in [0.05, 0.1) is 5.41 Å². The number of allylic oxidation sites excluding steroid dienone is 1. The number of Topliss-reactive ketones (excluding diaryl/α,β-unsaturated/α-hetero) is 1. The molecular weight excluding hydrogens is 288 g/mol. The first-order valence-electron chi connectivity index (χ1n) is 9.24. The molecule has 0 aromatic carbocycles. The highest BCUT2D eigenvalue weighted by atomic mass is 16.6. The van der Waals surface area contributed by atoms with Crippen molar-refractivity contribution in [1.82, 2.24) is 0 Å². The standard InChI is InChI=1S/C20H28O3/c1-13-11-20(12-14(13)5-6-16(20)21)10-7-15-18(2)8-4-9-19(15,3)23-17(18)22/h14-15H,1,4-12H2,2-3H3/t14-,15-,18+,19-,20-/m0/s1. The fourth-order valence-electron chi connectivity index (χ4n) is 6.25. The molecule has 126 valence electrons. The quantitative estimate of drug-likeness (QED) is 0.579. The normalized spacial score (nSPS) is 48.7. The number of carbonyl (C=O) groups excluding carboxylic acids is 2. The van der Waals surface area contributed by atoms with Gasteiger partial charge in [-0.25, -0.2) is 0 Å². The number of hydrogen-bond acceptors (Lipinski definition) is 3. The molecule has 0 spiro atoms. The molecule has 0 unspecified atom stereocenters. The van der Waals surface area contributed by atoms with Crippen molar-refractivity contribution in [2.45, 2.75) is 77.2 Å². The minimum atomic E-state index is -0.337. The first kappa shape index (κ1) is 15.4. The number of ketones is 1. The van der Waals surface area contributed by atoms with Gasteiger partial charge in [0, 0.05) is 17.8 Å². The van der Waals surface area contributed by atoms with Crippen LogP contribution in [-0.2, 0) is 14.3 Å². The maximum absolute atomic E-state index is 12.7. The first-order valence-corrected chi connectivity index (χ1v) is 9.24. The van der Waals surface area contributed by atoms with E-state index in [1.165, 1.54) is 5.57 Å². The van der Waals surface area contributed by atoms with E-state index in [2.05, 4.69) is 20.4 Å². The predicted octanol–water partition coefficient (Wildman–Crippen LogP) is 4.20. The largest absolute Gasteiger partial charge is 0.459 e. The summed E-state index contributed by atoms with van der Waals surface area (Å²) in [6, 6.07) is 0. The number of hydrogen-bond donors (Lipinski definition) is 0. The van der Waals surface area contributed by atoms with E-state index >= 15 is 0 Å². The highest BCUT2D eigenvalue weighted by Gasteiger charge is 2.62. The average Bonchev–Trinajstić information content (AvgIpc) is 2.80. The predicted molar refractivity (Wildman–Crippen MR) is 87.7 cm³/mol. The molecule has 4 rings (SSSR count). The third kappa shape index (κ3) is 2.01. The zero-order valence-electron chi connectivity index (χ0n) is 14.5. The van der Waals surface area contributed by atoms with Crippen LogP contribution in [-0.4, -0.2) is 17.4 Å². The highest BCUT2D eigenvalue weighted by molar-refractivity contribution is 5.87. The fraction of sp³-hybridized carbons (Fsp3) is 0.800. The van der Waals surface area contributed by atoms with Gasteiger partial charge in [0.1, 0.15) is 11.4 Å². The van der Waals surface area contributed by atoms with E-state index in [4.69, 9.17) is 4.74 Å². The van der Waals surface area contributed by atoms with Gasteiger partial charge in [-0.1, -0.05) is 12.2 Å². The molecule has 0 amide bonds. The van der Waals surface area contributed by atoms with E-state index in [1.807, 2.05) is 0 Å². The summed E-state index contributed by atoms with van der Waals surface area (Å²) in [7, 11) is 0. The van der Waals surface area contributed by atoms with Gasteiger partial charge in [0.2, 0.25) is 0 Å². The van der Waals surface area contributed by atoms with Crippen LogP contribution in [0, 0.1) is 22.7 Å². The second-order valence-electron chi connectivity index (χ2n) is 9.04. The van der Waals surface area contributed by atoms with Gasteiger partial charge in [-0.2, -0.15) is 0 Å². The van der Waals surface area contributed by atoms with Crippen molar-refractivity contribution in [2.75, 3.05) is 0 Å². The molecule has 1 saturated heterocycles. The van der Waals surface area contributed by atoms with E-state index in [0.29, 0.717) is 11.7 Å². The fourth-order valence-corrected chi connectivity index (χ4v) is 6.25. The van der Waals surface area contributed by atoms with E-state index < -0.39 is 0 Å². The van der Waals surface area contributed by atoms with Crippen LogP contribution in [0.5, 0.6) is 0 Å². The lowest BCUT2D eigenvalue weighted by atomic mass is 9.60. The van der Waals surface area contributed by atoms with Crippen molar-refractivity contribution in [3.63, 3.8) is 0 Å². The van der Waals surface area contributed by atoms with Crippen molar-refractivity contribution < 1.29 is 14.3 Å². The van der Waals surface area contributed by atoms with Crippen molar-refractivity contribution in [1.29, 1.82) is 0 Å². The summed E-state index contributed by atoms with van der Waals surface area (Å²) in [6.45, 7) is 8.41. The van der Waals surface area contributed by atoms with Crippen molar-refractivity contribution >= 4 is 11.8 Å². The van der Waals surface area contributed by atoms with Crippen molar-refractivity contribution in [3.8, 4) is 0 Å². The molecule has 3 saturated carbocycles. The van der Waals surface area contributed by atoms with E-state index in [1.54, 1.807) is 0 Å². The molecule has 23 heavy (non-hydrogen) atoms. The molecule has 3 aliphatic carbocycles. The average molecular weight is 316 g/mol. The SMILES string of the molecule is C=C1C[C@@]2(CC[C@H]3[C@@]4(C)CCC[C@]3(C)OC4=O)C[C@@H]1CCC2=O. The summed E-state index contributed by atoms with van der Waals surface area (Å²) in [5, 5.41) is 0. The monoisotopic (exact) mass is 316 g/mol. The minimum absolute atomic E-state index is 0.0105. The second-order valence-corrected chi connectivity index (χ2v) is 9.04. The summed E-state index contributed by atoms with van der Waals surface area (Å²) in [5.74, 6) is 1.24. The summed E-state index contributed by atoms with van der Waals surface area (Å²) in [4.78, 5) is 25.1. The third-order valence-electron chi connectivity index (χ3n) is 7.67. The van der Waals surface area contributed by atoms with Crippen molar-refractivity contribution in [2.24, 2.45) is 22.7 Å². The lowest BCUT2D eigenvalue weighted by molar-refractivity contribution is -0.151. The Balaban J connectivity index is 1.56. The van der Waals surface area contributed by atoms with Gasteiger partial charge < -0.3 is 4.74 Å². The van der Waals surface area contributed by atoms with Crippen LogP contribution in [0.2, 0.25) is 0 Å². The molecule has 0 radical (unpaired) electrons. The topological polar surface area (TPSA) is 43.4 Å². The maximum Gasteiger partial charge on any atom is 0.312 e. The summed E-state index contributed by atoms with van der Waals surface area (Å²) >= 11 is 0. The Morgan fingerprint density at radius 3 is 2.78 bits per heavy atom. The van der Waals surface area contributed by atoms with Crippen LogP contribution >= 0.6 is 0 Å². The molecule has 0 aromatic rings. The molecule has 1 heterocycles. The van der Waals surface area contributed by atoms with E-state index in [0.717, 1.165) is 57.8 Å². The summed E-state index contributed by atoms with van der Waals surface area (Å²) in [6.07, 6.45) is 8.41. The molecule has 4 fully saturated rings. The summed E-state index contributed by atoms with van der Waals surface area (Å²) in [5.41, 5.74) is 0.462. The van der Waals surface area contributed by atoms with Crippen LogP contribution < -0.4 is 0 Å². The molecule has 0 aromatic heterocycles. The molecule has 3 heteroatoms. The molecular formula is C20H28O3. The zero-order valence-corrected chi connectivity index (χ0v) is 14.5. The van der Waals surface area contributed by atoms with Gasteiger partial charge in [0.25, 0.3) is 0 Å². The Morgan fingerprint density at radius 1 is 1.26 bits per heavy atom. The molecule has 5 atom stereocenters. The van der Waals surface area contributed by atoms with Crippen LogP contribution in [0.4, 0.5) is 0 Å². The molecule has 4 bridgehead atoms. The van der Waals surface area contributed by atoms with E-state index in [-0.39, 0.29) is 28.3 Å². The molecule has 0 N–H and O–H groups in total. The van der Waals surface area contributed by atoms with Crippen molar-refractivity contribution in [3.05, 3.63) is 12.2 Å². The zero-order chi connectivity index (χ0) is 16.5. The van der Waals surface area contributed by atoms with Crippen LogP contribution in [0.25, 0.3) is 0 Å². The number of esters is 1. The Hall–Kier alpha value is -1.12. The number of rotatable bonds is 3. The van der Waals surface area contributed by atoms with Crippen LogP contribution in [0.3, 0.4) is 0 Å². The smallest absolute Gasteiger partial charge is 0.312 e. The second kappa shape index (κ2) is 4.70. The Labute approximate surface area is 138 Å². The van der Waals surface area contributed by atoms with Gasteiger partial charge in [-0.15, -0.1) is 0 Å². The first-order chi connectivity index (χ1) is 10.8. The summed E-state index contributed by atoms with van der Waals surface area (Å²) < 4.78 is 5.81. The molecule has 3 nitrogen and oxygen atoms in total. The number of carbonyl (C=O) groups is 2. The van der Waals surface area contributed by atoms with Gasteiger partial charge in [0.15, 0.2) is 0 Å². The number of ether oxygens (including phenoxy) is 1. The Kier molecular flexibility index (Phi) is 3.15. The highest BCUT2D eigenvalue weighted by Crippen LogP contribution is 2.60. The van der Waals surface area contributed by atoms with Crippen LogP contribution in [0.15, 0.2) is 12.2 Å². The lowest BCUT2D eigenvalue weighted by Crippen LogP contribution is -2.43. The van der Waals surface area contributed by atoms with Crippen LogP contribution in [0.1, 0.15) is 71.6 Å². The maximum atomic E-state index is 12.7. The minimum Gasteiger partial charge on any atom is -0.459 e. The third-order valence-corrected chi connectivity index (χ3v) is 7.67. The molecule has 4 aliphatic rings. The van der Waals surface area contributed by atoms with Gasteiger partial charge >= 0.3 is 5.97 Å². The molecule has 1 aliphatic heterocycles. The van der Waals surface area contributed by atoms with Gasteiger partial charge in [-0.05, 0) is 71.1 Å². The van der Waals surface area contributed by atoms with E-state index in [9.17, 15) is 9.59 Å². The van der Waals surface area contributed by atoms with Gasteiger partial charge in [-0.3, -0.25) is 9.59 Å². The Morgan fingerprint density at radius 2 is 2.04 bits per heavy atom. The Bertz CT molecular complexity index is 594. The number of fused-ring (bicyclic) bond motifs is 4.